The van der Waals surface area contributed by atoms with Crippen LogP contribution in [0.3, 0.4) is 0 Å². The first-order chi connectivity index (χ1) is 14.3. The highest BCUT2D eigenvalue weighted by atomic mass is 16.5. The van der Waals surface area contributed by atoms with Crippen LogP contribution in [0.2, 0.25) is 0 Å². The standard InChI is InChI=1S/C28H34O2/c1-7-27(5,23-13-9-21(3)10-14-23)30-26-19-15-24(16-20-26)28(6,8-2)29-25-17-11-22(4)12-18-25/h9-20H,7-8H2,1-6H3. The minimum absolute atomic E-state index is 0.359. The summed E-state index contributed by atoms with van der Waals surface area (Å²) in [5.41, 5.74) is 4.08. The topological polar surface area (TPSA) is 18.5 Å². The lowest BCUT2D eigenvalue weighted by Crippen LogP contribution is -2.29. The normalized spacial score (nSPS) is 15.1. The molecule has 2 heteroatoms. The summed E-state index contributed by atoms with van der Waals surface area (Å²) in [5.74, 6) is 1.76. The molecular formula is C28H34O2. The summed E-state index contributed by atoms with van der Waals surface area (Å²) in [6.07, 6.45) is 1.76. The molecule has 0 heterocycles. The van der Waals surface area contributed by atoms with Crippen molar-refractivity contribution < 1.29 is 9.47 Å². The molecule has 0 aliphatic carbocycles. The number of hydrogen-bond donors (Lipinski definition) is 0. The predicted octanol–water partition coefficient (Wildman–Crippen LogP) is 7.71. The van der Waals surface area contributed by atoms with Crippen molar-refractivity contribution in [3.8, 4) is 11.5 Å². The van der Waals surface area contributed by atoms with E-state index < -0.39 is 5.60 Å². The van der Waals surface area contributed by atoms with Gasteiger partial charge in [-0.2, -0.15) is 0 Å². The minimum Gasteiger partial charge on any atom is -0.483 e. The summed E-state index contributed by atoms with van der Waals surface area (Å²) in [6, 6.07) is 25.2. The Morgan fingerprint density at radius 1 is 0.533 bits per heavy atom. The Balaban J connectivity index is 1.80. The third-order valence-electron chi connectivity index (χ3n) is 6.18. The van der Waals surface area contributed by atoms with Gasteiger partial charge in [-0.05, 0) is 75.9 Å². The second-order valence-corrected chi connectivity index (χ2v) is 8.58. The predicted molar refractivity (Wildman–Crippen MR) is 125 cm³/mol. The molecular weight excluding hydrogens is 368 g/mol. The molecule has 0 N–H and O–H groups in total. The molecule has 158 valence electrons. The fourth-order valence-electron chi connectivity index (χ4n) is 3.58. The van der Waals surface area contributed by atoms with Gasteiger partial charge in [0.2, 0.25) is 0 Å². The lowest BCUT2D eigenvalue weighted by atomic mass is 9.91. The molecule has 3 aromatic rings. The lowest BCUT2D eigenvalue weighted by molar-refractivity contribution is 0.0788. The molecule has 0 aliphatic rings. The summed E-state index contributed by atoms with van der Waals surface area (Å²) in [4.78, 5) is 0. The molecule has 0 aliphatic heterocycles. The van der Waals surface area contributed by atoms with E-state index in [0.29, 0.717) is 0 Å². The second kappa shape index (κ2) is 8.95. The Bertz CT molecular complexity index is 941. The highest BCUT2D eigenvalue weighted by molar-refractivity contribution is 5.35. The second-order valence-electron chi connectivity index (χ2n) is 8.58. The fraction of sp³-hybridized carbons (Fsp3) is 0.357. The van der Waals surface area contributed by atoms with Gasteiger partial charge >= 0.3 is 0 Å². The molecule has 2 unspecified atom stereocenters. The van der Waals surface area contributed by atoms with Crippen LogP contribution in [-0.4, -0.2) is 0 Å². The Morgan fingerprint density at radius 3 is 1.20 bits per heavy atom. The van der Waals surface area contributed by atoms with Crippen LogP contribution in [0.1, 0.15) is 62.8 Å². The molecule has 0 radical (unpaired) electrons. The Hall–Kier alpha value is -2.74. The number of aryl methyl sites for hydroxylation is 2. The maximum Gasteiger partial charge on any atom is 0.131 e. The molecule has 3 aromatic carbocycles. The van der Waals surface area contributed by atoms with Crippen LogP contribution >= 0.6 is 0 Å². The van der Waals surface area contributed by atoms with Gasteiger partial charge < -0.3 is 9.47 Å². The summed E-state index contributed by atoms with van der Waals surface area (Å²) in [6.45, 7) is 12.8. The van der Waals surface area contributed by atoms with Crippen molar-refractivity contribution in [2.24, 2.45) is 0 Å². The van der Waals surface area contributed by atoms with Gasteiger partial charge in [0.1, 0.15) is 22.7 Å². The van der Waals surface area contributed by atoms with Gasteiger partial charge in [0.15, 0.2) is 0 Å². The summed E-state index contributed by atoms with van der Waals surface area (Å²) in [7, 11) is 0. The van der Waals surface area contributed by atoms with Crippen LogP contribution in [0.5, 0.6) is 11.5 Å². The molecule has 0 aromatic heterocycles. The molecule has 0 saturated heterocycles. The molecule has 3 rings (SSSR count). The van der Waals surface area contributed by atoms with Crippen molar-refractivity contribution >= 4 is 0 Å². The molecule has 0 saturated carbocycles. The molecule has 0 fully saturated rings. The molecule has 30 heavy (non-hydrogen) atoms. The van der Waals surface area contributed by atoms with Crippen LogP contribution in [0.4, 0.5) is 0 Å². The fourth-order valence-corrected chi connectivity index (χ4v) is 3.58. The van der Waals surface area contributed by atoms with Gasteiger partial charge in [0, 0.05) is 0 Å². The first kappa shape index (κ1) is 22.0. The van der Waals surface area contributed by atoms with E-state index in [1.165, 1.54) is 16.7 Å². The number of benzene rings is 3. The Labute approximate surface area is 181 Å². The van der Waals surface area contributed by atoms with Gasteiger partial charge in [-0.15, -0.1) is 0 Å². The van der Waals surface area contributed by atoms with E-state index in [9.17, 15) is 0 Å². The Kier molecular flexibility index (Phi) is 6.55. The highest BCUT2D eigenvalue weighted by Gasteiger charge is 2.29. The van der Waals surface area contributed by atoms with Crippen LogP contribution in [-0.2, 0) is 11.2 Å². The average molecular weight is 403 g/mol. The zero-order valence-corrected chi connectivity index (χ0v) is 19.2. The summed E-state index contributed by atoms with van der Waals surface area (Å²) >= 11 is 0. The Morgan fingerprint density at radius 2 is 0.833 bits per heavy atom. The van der Waals surface area contributed by atoms with E-state index in [2.05, 4.69) is 102 Å². The molecule has 0 amide bonds. The van der Waals surface area contributed by atoms with Crippen LogP contribution < -0.4 is 9.47 Å². The van der Waals surface area contributed by atoms with E-state index >= 15 is 0 Å². The van der Waals surface area contributed by atoms with Crippen molar-refractivity contribution in [1.29, 1.82) is 0 Å². The van der Waals surface area contributed by atoms with E-state index in [1.54, 1.807) is 0 Å². The van der Waals surface area contributed by atoms with E-state index in [1.807, 2.05) is 12.1 Å². The van der Waals surface area contributed by atoms with E-state index in [-0.39, 0.29) is 5.60 Å². The van der Waals surface area contributed by atoms with Gasteiger partial charge in [-0.3, -0.25) is 0 Å². The van der Waals surface area contributed by atoms with Crippen LogP contribution in [0, 0.1) is 13.8 Å². The molecule has 2 nitrogen and oxygen atoms in total. The zero-order chi connectivity index (χ0) is 21.8. The quantitative estimate of drug-likeness (QED) is 0.384. The van der Waals surface area contributed by atoms with Gasteiger partial charge in [0.25, 0.3) is 0 Å². The zero-order valence-electron chi connectivity index (χ0n) is 19.2. The van der Waals surface area contributed by atoms with E-state index in [4.69, 9.17) is 9.47 Å². The maximum atomic E-state index is 6.47. The lowest BCUT2D eigenvalue weighted by Gasteiger charge is -2.32. The number of hydrogen-bond acceptors (Lipinski definition) is 2. The first-order valence-electron chi connectivity index (χ1n) is 10.9. The smallest absolute Gasteiger partial charge is 0.131 e. The van der Waals surface area contributed by atoms with Crippen molar-refractivity contribution in [3.63, 3.8) is 0 Å². The first-order valence-corrected chi connectivity index (χ1v) is 10.9. The minimum atomic E-state index is -0.390. The van der Waals surface area contributed by atoms with Gasteiger partial charge in [-0.25, -0.2) is 0 Å². The summed E-state index contributed by atoms with van der Waals surface area (Å²) in [5, 5.41) is 0. The monoisotopic (exact) mass is 402 g/mol. The maximum absolute atomic E-state index is 6.47. The van der Waals surface area contributed by atoms with Gasteiger partial charge in [-0.1, -0.05) is 73.5 Å². The van der Waals surface area contributed by atoms with Crippen LogP contribution in [0.15, 0.2) is 72.8 Å². The number of ether oxygens (including phenoxy) is 2. The van der Waals surface area contributed by atoms with Crippen molar-refractivity contribution in [3.05, 3.63) is 95.1 Å². The largest absolute Gasteiger partial charge is 0.483 e. The van der Waals surface area contributed by atoms with Crippen molar-refractivity contribution in [1.82, 2.24) is 0 Å². The van der Waals surface area contributed by atoms with Crippen LogP contribution in [0.25, 0.3) is 0 Å². The van der Waals surface area contributed by atoms with Crippen molar-refractivity contribution in [2.75, 3.05) is 0 Å². The SMILES string of the molecule is CCC(C)(Oc1ccc(C(C)(CC)Oc2ccc(C)cc2)cc1)c1ccc(C)cc1. The third kappa shape index (κ3) is 4.87. The number of rotatable bonds is 8. The van der Waals surface area contributed by atoms with Gasteiger partial charge in [0.05, 0.1) is 0 Å². The summed E-state index contributed by atoms with van der Waals surface area (Å²) < 4.78 is 12.9. The molecule has 2 atom stereocenters. The average Bonchev–Trinajstić information content (AvgIpc) is 2.76. The third-order valence-corrected chi connectivity index (χ3v) is 6.18. The molecule has 0 spiro atoms. The molecule has 0 bridgehead atoms. The van der Waals surface area contributed by atoms with Crippen molar-refractivity contribution in [2.45, 2.75) is 65.6 Å². The van der Waals surface area contributed by atoms with E-state index in [0.717, 1.165) is 29.9 Å². The highest BCUT2D eigenvalue weighted by Crippen LogP contribution is 2.35.